The maximum Gasteiger partial charge on any atom is 0.230 e. The Labute approximate surface area is 114 Å². The number of nitrogen functional groups attached to an aromatic ring is 1. The first-order valence-corrected chi connectivity index (χ1v) is 6.72. The molecule has 0 radical (unpaired) electrons. The molecule has 2 N–H and O–H groups in total. The number of nitrogens with zero attached hydrogens (tertiary/aromatic N) is 1. The largest absolute Gasteiger partial charge is 0.497 e. The molecular formula is C14H14N2O2S. The molecule has 0 fully saturated rings. The molecule has 1 aromatic carbocycles. The minimum atomic E-state index is 0.572. The summed E-state index contributed by atoms with van der Waals surface area (Å²) in [5, 5.41) is 0.744. The maximum absolute atomic E-state index is 6.05. The fourth-order valence-corrected chi connectivity index (χ4v) is 2.99. The molecule has 0 aliphatic carbocycles. The van der Waals surface area contributed by atoms with Crippen LogP contribution in [-0.2, 0) is 0 Å². The molecule has 5 heteroatoms. The van der Waals surface area contributed by atoms with Crippen LogP contribution in [0.25, 0.3) is 22.6 Å². The van der Waals surface area contributed by atoms with Crippen LogP contribution < -0.4 is 10.5 Å². The highest BCUT2D eigenvalue weighted by atomic mass is 32.1. The average Bonchev–Trinajstić information content (AvgIpc) is 2.90. The van der Waals surface area contributed by atoms with Gasteiger partial charge in [-0.3, -0.25) is 0 Å². The van der Waals surface area contributed by atoms with E-state index in [0.29, 0.717) is 11.5 Å². The summed E-state index contributed by atoms with van der Waals surface area (Å²) in [4.78, 5) is 5.69. The van der Waals surface area contributed by atoms with Crippen molar-refractivity contribution in [2.75, 3.05) is 12.8 Å². The summed E-state index contributed by atoms with van der Waals surface area (Å²) in [5.74, 6) is 1.32. The Morgan fingerprint density at radius 2 is 2.11 bits per heavy atom. The maximum atomic E-state index is 6.05. The zero-order valence-electron chi connectivity index (χ0n) is 11.0. The average molecular weight is 274 g/mol. The molecule has 0 saturated heterocycles. The number of aromatic nitrogens is 1. The normalized spacial score (nSPS) is 11.1. The molecule has 0 aliphatic rings. The molecule has 3 rings (SSSR count). The van der Waals surface area contributed by atoms with Crippen LogP contribution in [-0.4, -0.2) is 12.1 Å². The Kier molecular flexibility index (Phi) is 2.71. The Bertz CT molecular complexity index is 758. The summed E-state index contributed by atoms with van der Waals surface area (Å²) < 4.78 is 11.0. The highest BCUT2D eigenvalue weighted by Gasteiger charge is 2.17. The molecule has 0 bridgehead atoms. The molecule has 2 aromatic heterocycles. The predicted molar refractivity (Wildman–Crippen MR) is 77.8 cm³/mol. The second kappa shape index (κ2) is 4.28. The molecule has 4 nitrogen and oxygen atoms in total. The lowest BCUT2D eigenvalue weighted by Gasteiger charge is -1.96. The zero-order valence-corrected chi connectivity index (χ0v) is 11.8. The molecule has 0 aliphatic heterocycles. The van der Waals surface area contributed by atoms with E-state index in [-0.39, 0.29) is 0 Å². The van der Waals surface area contributed by atoms with Crippen molar-refractivity contribution in [3.63, 3.8) is 0 Å². The molecule has 2 heterocycles. The van der Waals surface area contributed by atoms with Gasteiger partial charge in [0, 0.05) is 10.9 Å². The number of methoxy groups -OCH3 is 1. The van der Waals surface area contributed by atoms with E-state index >= 15 is 0 Å². The first kappa shape index (κ1) is 12.0. The SMILES string of the molecule is COc1ccc2nc(-c3c(N)sc(C)c3C)oc2c1. The molecule has 0 unspecified atom stereocenters. The number of fused-ring (bicyclic) bond motifs is 1. The number of hydrogen-bond donors (Lipinski definition) is 1. The molecule has 0 amide bonds. The number of rotatable bonds is 2. The minimum Gasteiger partial charge on any atom is -0.497 e. The predicted octanol–water partition coefficient (Wildman–Crippen LogP) is 3.76. The van der Waals surface area contributed by atoms with E-state index in [1.807, 2.05) is 32.0 Å². The van der Waals surface area contributed by atoms with E-state index in [4.69, 9.17) is 14.9 Å². The molecular weight excluding hydrogens is 260 g/mol. The third-order valence-corrected chi connectivity index (χ3v) is 4.26. The van der Waals surface area contributed by atoms with Gasteiger partial charge in [-0.15, -0.1) is 11.3 Å². The van der Waals surface area contributed by atoms with Crippen LogP contribution in [0.15, 0.2) is 22.6 Å². The summed E-state index contributed by atoms with van der Waals surface area (Å²) in [6.45, 7) is 4.08. The van der Waals surface area contributed by atoms with E-state index in [1.165, 1.54) is 4.88 Å². The molecule has 0 atom stereocenters. The molecule has 0 spiro atoms. The van der Waals surface area contributed by atoms with Crippen LogP contribution in [0.3, 0.4) is 0 Å². The number of ether oxygens (including phenoxy) is 1. The Hall–Kier alpha value is -2.01. The molecule has 98 valence electrons. The van der Waals surface area contributed by atoms with Crippen molar-refractivity contribution in [2.24, 2.45) is 0 Å². The Balaban J connectivity index is 2.20. The number of hydrogen-bond acceptors (Lipinski definition) is 5. The van der Waals surface area contributed by atoms with E-state index in [9.17, 15) is 0 Å². The van der Waals surface area contributed by atoms with Crippen molar-refractivity contribution in [1.29, 1.82) is 0 Å². The first-order chi connectivity index (χ1) is 9.10. The smallest absolute Gasteiger partial charge is 0.230 e. The summed E-state index contributed by atoms with van der Waals surface area (Å²) in [6.07, 6.45) is 0. The second-order valence-corrected chi connectivity index (χ2v) is 5.63. The third-order valence-electron chi connectivity index (χ3n) is 3.22. The lowest BCUT2D eigenvalue weighted by molar-refractivity contribution is 0.414. The fourth-order valence-electron chi connectivity index (χ4n) is 2.06. The lowest BCUT2D eigenvalue weighted by Crippen LogP contribution is -1.85. The zero-order chi connectivity index (χ0) is 13.6. The lowest BCUT2D eigenvalue weighted by atomic mass is 10.1. The van der Waals surface area contributed by atoms with E-state index in [1.54, 1.807) is 18.4 Å². The summed E-state index contributed by atoms with van der Waals surface area (Å²) in [6, 6.07) is 5.58. The van der Waals surface area contributed by atoms with Crippen LogP contribution in [0.1, 0.15) is 10.4 Å². The molecule has 19 heavy (non-hydrogen) atoms. The van der Waals surface area contributed by atoms with Gasteiger partial charge in [-0.05, 0) is 31.5 Å². The van der Waals surface area contributed by atoms with Gasteiger partial charge in [0.25, 0.3) is 0 Å². The van der Waals surface area contributed by atoms with Gasteiger partial charge in [0.05, 0.1) is 17.7 Å². The van der Waals surface area contributed by atoms with Crippen LogP contribution >= 0.6 is 11.3 Å². The molecule has 0 saturated carbocycles. The van der Waals surface area contributed by atoms with Crippen molar-refractivity contribution in [2.45, 2.75) is 13.8 Å². The number of nitrogens with two attached hydrogens (primary N) is 1. The van der Waals surface area contributed by atoms with Crippen molar-refractivity contribution < 1.29 is 9.15 Å². The van der Waals surface area contributed by atoms with Gasteiger partial charge in [0.2, 0.25) is 5.89 Å². The summed E-state index contributed by atoms with van der Waals surface area (Å²) in [5.41, 5.74) is 9.58. The summed E-state index contributed by atoms with van der Waals surface area (Å²) >= 11 is 1.56. The topological polar surface area (TPSA) is 61.3 Å². The Morgan fingerprint density at radius 3 is 2.74 bits per heavy atom. The number of thiophene rings is 1. The van der Waals surface area contributed by atoms with Gasteiger partial charge in [-0.25, -0.2) is 4.98 Å². The van der Waals surface area contributed by atoms with Crippen molar-refractivity contribution in [1.82, 2.24) is 4.98 Å². The van der Waals surface area contributed by atoms with E-state index in [2.05, 4.69) is 4.98 Å². The quantitative estimate of drug-likeness (QED) is 0.772. The van der Waals surface area contributed by atoms with Gasteiger partial charge in [0.1, 0.15) is 11.3 Å². The van der Waals surface area contributed by atoms with Crippen LogP contribution in [0, 0.1) is 13.8 Å². The van der Waals surface area contributed by atoms with Gasteiger partial charge in [0.15, 0.2) is 5.58 Å². The van der Waals surface area contributed by atoms with Gasteiger partial charge < -0.3 is 14.9 Å². The Morgan fingerprint density at radius 1 is 1.32 bits per heavy atom. The van der Waals surface area contributed by atoms with Crippen LogP contribution in [0.4, 0.5) is 5.00 Å². The van der Waals surface area contributed by atoms with Crippen LogP contribution in [0.5, 0.6) is 5.75 Å². The standard InChI is InChI=1S/C14H14N2O2S/c1-7-8(2)19-13(15)12(7)14-16-10-5-4-9(17-3)6-11(10)18-14/h4-6H,15H2,1-3H3. The number of benzene rings is 1. The van der Waals surface area contributed by atoms with Gasteiger partial charge in [-0.2, -0.15) is 0 Å². The first-order valence-electron chi connectivity index (χ1n) is 5.90. The van der Waals surface area contributed by atoms with Crippen molar-refractivity contribution in [3.8, 4) is 17.2 Å². The fraction of sp³-hybridized carbons (Fsp3) is 0.214. The molecule has 3 aromatic rings. The number of anilines is 1. The van der Waals surface area contributed by atoms with Crippen molar-refractivity contribution >= 4 is 27.4 Å². The monoisotopic (exact) mass is 274 g/mol. The van der Waals surface area contributed by atoms with E-state index in [0.717, 1.165) is 27.4 Å². The van der Waals surface area contributed by atoms with Gasteiger partial charge >= 0.3 is 0 Å². The second-order valence-electron chi connectivity index (χ2n) is 4.38. The summed E-state index contributed by atoms with van der Waals surface area (Å²) in [7, 11) is 1.63. The number of oxazole rings is 1. The van der Waals surface area contributed by atoms with Crippen molar-refractivity contribution in [3.05, 3.63) is 28.6 Å². The number of aryl methyl sites for hydroxylation is 1. The van der Waals surface area contributed by atoms with Gasteiger partial charge in [-0.1, -0.05) is 0 Å². The highest BCUT2D eigenvalue weighted by Crippen LogP contribution is 2.38. The van der Waals surface area contributed by atoms with Crippen LogP contribution in [0.2, 0.25) is 0 Å². The van der Waals surface area contributed by atoms with E-state index < -0.39 is 0 Å². The highest BCUT2D eigenvalue weighted by molar-refractivity contribution is 7.16. The minimum absolute atomic E-state index is 0.572. The third kappa shape index (κ3) is 1.86.